The number of carbonyl (C=O) groups excluding carboxylic acids is 1. The highest BCUT2D eigenvalue weighted by Gasteiger charge is 2.04. The normalized spacial score (nSPS) is 10.4. The smallest absolute Gasteiger partial charge is 0.225 e. The third-order valence-electron chi connectivity index (χ3n) is 3.16. The van der Waals surface area contributed by atoms with Crippen LogP contribution in [0.1, 0.15) is 57.9 Å². The molecule has 4 nitrogen and oxygen atoms in total. The Morgan fingerprint density at radius 3 is 2.58 bits per heavy atom. The van der Waals surface area contributed by atoms with Crippen LogP contribution in [0, 0.1) is 0 Å². The predicted octanol–water partition coefficient (Wildman–Crippen LogP) is 3.24. The molecule has 19 heavy (non-hydrogen) atoms. The highest BCUT2D eigenvalue weighted by Crippen LogP contribution is 2.07. The minimum Gasteiger partial charge on any atom is -0.348 e. The maximum absolute atomic E-state index is 11.7. The lowest BCUT2D eigenvalue weighted by molar-refractivity contribution is -0.116. The summed E-state index contributed by atoms with van der Waals surface area (Å²) in [5, 5.41) is 2.73. The fourth-order valence-electron chi connectivity index (χ4n) is 1.95. The van der Waals surface area contributed by atoms with Crippen molar-refractivity contribution in [1.82, 2.24) is 4.98 Å². The largest absolute Gasteiger partial charge is 0.348 e. The molecular weight excluding hydrogens is 240 g/mol. The van der Waals surface area contributed by atoms with E-state index < -0.39 is 0 Å². The minimum absolute atomic E-state index is 0.0282. The van der Waals surface area contributed by atoms with Gasteiger partial charge in [-0.2, -0.15) is 0 Å². The Kier molecular flexibility index (Phi) is 6.93. The van der Waals surface area contributed by atoms with E-state index in [0.29, 0.717) is 18.7 Å². The van der Waals surface area contributed by atoms with Gasteiger partial charge in [-0.05, 0) is 12.8 Å². The average Bonchev–Trinajstić information content (AvgIpc) is 2.39. The van der Waals surface area contributed by atoms with E-state index in [1.807, 2.05) is 6.92 Å². The van der Waals surface area contributed by atoms with E-state index in [1.54, 1.807) is 6.20 Å². The number of nitrogens with one attached hydrogen (secondary N) is 2. The molecule has 4 heteroatoms. The third-order valence-corrected chi connectivity index (χ3v) is 3.16. The molecule has 0 atom stereocenters. The van der Waals surface area contributed by atoms with E-state index in [0.717, 1.165) is 18.4 Å². The van der Waals surface area contributed by atoms with Gasteiger partial charge in [-0.25, -0.2) is 0 Å². The second-order valence-corrected chi connectivity index (χ2v) is 4.80. The Hall–Kier alpha value is -1.58. The molecule has 1 amide bonds. The molecule has 0 saturated carbocycles. The highest BCUT2D eigenvalue weighted by atomic mass is 16.1. The molecular formula is C15H24N2O2. The number of carbonyl (C=O) groups is 1. The number of aryl methyl sites for hydroxylation is 1. The summed E-state index contributed by atoms with van der Waals surface area (Å²) in [7, 11) is 0. The zero-order chi connectivity index (χ0) is 14.1. The summed E-state index contributed by atoms with van der Waals surface area (Å²) in [5.74, 6) is 0.456. The van der Waals surface area contributed by atoms with Crippen LogP contribution in [0.25, 0.3) is 0 Å². The van der Waals surface area contributed by atoms with Crippen molar-refractivity contribution in [3.8, 4) is 0 Å². The number of aromatic amines is 1. The summed E-state index contributed by atoms with van der Waals surface area (Å²) >= 11 is 0. The Bertz CT molecular complexity index is 452. The van der Waals surface area contributed by atoms with Gasteiger partial charge >= 0.3 is 0 Å². The molecule has 1 rings (SSSR count). The molecule has 0 radical (unpaired) electrons. The lowest BCUT2D eigenvalue weighted by atomic mass is 10.1. The Morgan fingerprint density at radius 1 is 1.21 bits per heavy atom. The molecule has 0 saturated heterocycles. The average molecular weight is 264 g/mol. The Morgan fingerprint density at radius 2 is 1.95 bits per heavy atom. The quantitative estimate of drug-likeness (QED) is 0.708. The van der Waals surface area contributed by atoms with Crippen LogP contribution < -0.4 is 10.7 Å². The summed E-state index contributed by atoms with van der Waals surface area (Å²) in [4.78, 5) is 26.2. The molecule has 0 fully saturated rings. The number of hydrogen-bond donors (Lipinski definition) is 2. The standard InChI is InChI=1S/C15H24N2O2/c1-3-5-6-7-8-9-15(19)17-14-10-13(18)12(4-2)11-16-14/h10-11H,3-9H2,1-2H3,(H2,16,17,18,19). The van der Waals surface area contributed by atoms with Crippen LogP contribution >= 0.6 is 0 Å². The van der Waals surface area contributed by atoms with Crippen molar-refractivity contribution in [3.05, 3.63) is 28.0 Å². The van der Waals surface area contributed by atoms with E-state index in [1.165, 1.54) is 25.3 Å². The number of rotatable bonds is 8. The van der Waals surface area contributed by atoms with E-state index in [2.05, 4.69) is 17.2 Å². The van der Waals surface area contributed by atoms with Gasteiger partial charge in [0.2, 0.25) is 5.91 Å². The molecule has 0 spiro atoms. The highest BCUT2D eigenvalue weighted by molar-refractivity contribution is 5.89. The van der Waals surface area contributed by atoms with E-state index in [9.17, 15) is 9.59 Å². The topological polar surface area (TPSA) is 62.0 Å². The van der Waals surface area contributed by atoms with Crippen molar-refractivity contribution < 1.29 is 4.79 Å². The van der Waals surface area contributed by atoms with E-state index in [4.69, 9.17) is 0 Å². The summed E-state index contributed by atoms with van der Waals surface area (Å²) in [5.41, 5.74) is 0.706. The first-order chi connectivity index (χ1) is 9.17. The minimum atomic E-state index is -0.0311. The van der Waals surface area contributed by atoms with Gasteiger partial charge < -0.3 is 10.3 Å². The van der Waals surface area contributed by atoms with Gasteiger partial charge in [0.05, 0.1) is 0 Å². The van der Waals surface area contributed by atoms with Crippen LogP contribution in [0.5, 0.6) is 0 Å². The summed E-state index contributed by atoms with van der Waals surface area (Å²) in [6.45, 7) is 4.10. The fraction of sp³-hybridized carbons (Fsp3) is 0.600. The first-order valence-corrected chi connectivity index (χ1v) is 7.18. The van der Waals surface area contributed by atoms with Crippen molar-refractivity contribution in [1.29, 1.82) is 0 Å². The van der Waals surface area contributed by atoms with Crippen LogP contribution in [0.3, 0.4) is 0 Å². The molecule has 1 heterocycles. The van der Waals surface area contributed by atoms with Gasteiger partial charge in [0, 0.05) is 24.2 Å². The molecule has 0 aliphatic carbocycles. The van der Waals surface area contributed by atoms with Gasteiger partial charge in [-0.1, -0.05) is 39.5 Å². The number of unbranched alkanes of at least 4 members (excludes halogenated alkanes) is 4. The maximum atomic E-state index is 11.7. The maximum Gasteiger partial charge on any atom is 0.225 e. The van der Waals surface area contributed by atoms with E-state index in [-0.39, 0.29) is 11.3 Å². The van der Waals surface area contributed by atoms with Crippen molar-refractivity contribution in [2.24, 2.45) is 0 Å². The summed E-state index contributed by atoms with van der Waals surface area (Å²) in [6, 6.07) is 1.45. The lowest BCUT2D eigenvalue weighted by Gasteiger charge is -2.05. The van der Waals surface area contributed by atoms with Crippen LogP contribution in [-0.4, -0.2) is 10.9 Å². The molecule has 106 valence electrons. The van der Waals surface area contributed by atoms with E-state index >= 15 is 0 Å². The zero-order valence-corrected chi connectivity index (χ0v) is 11.9. The van der Waals surface area contributed by atoms with Crippen LogP contribution in [-0.2, 0) is 11.2 Å². The van der Waals surface area contributed by atoms with Gasteiger partial charge in [-0.3, -0.25) is 9.59 Å². The number of aromatic nitrogens is 1. The molecule has 2 N–H and O–H groups in total. The molecule has 1 aromatic heterocycles. The van der Waals surface area contributed by atoms with Crippen molar-refractivity contribution >= 4 is 11.7 Å². The lowest BCUT2D eigenvalue weighted by Crippen LogP contribution is -2.16. The molecule has 1 aromatic rings. The summed E-state index contributed by atoms with van der Waals surface area (Å²) < 4.78 is 0. The SMILES string of the molecule is CCCCCCCC(=O)Nc1cc(=O)c(CC)c[nH]1. The van der Waals surface area contributed by atoms with Crippen LogP contribution in [0.15, 0.2) is 17.1 Å². The zero-order valence-electron chi connectivity index (χ0n) is 11.9. The molecule has 0 unspecified atom stereocenters. The van der Waals surface area contributed by atoms with Gasteiger partial charge in [0.25, 0.3) is 0 Å². The number of hydrogen-bond acceptors (Lipinski definition) is 2. The number of anilines is 1. The van der Waals surface area contributed by atoms with Gasteiger partial charge in [0.1, 0.15) is 5.82 Å². The van der Waals surface area contributed by atoms with Crippen LogP contribution in [0.2, 0.25) is 0 Å². The number of amides is 1. The van der Waals surface area contributed by atoms with Crippen molar-refractivity contribution in [2.75, 3.05) is 5.32 Å². The van der Waals surface area contributed by atoms with Crippen LogP contribution in [0.4, 0.5) is 5.82 Å². The summed E-state index contributed by atoms with van der Waals surface area (Å²) in [6.07, 6.45) is 8.49. The number of pyridine rings is 1. The van der Waals surface area contributed by atoms with Crippen molar-refractivity contribution in [3.63, 3.8) is 0 Å². The number of H-pyrrole nitrogens is 1. The van der Waals surface area contributed by atoms with Gasteiger partial charge in [0.15, 0.2) is 5.43 Å². The second kappa shape index (κ2) is 8.51. The predicted molar refractivity (Wildman–Crippen MR) is 78.4 cm³/mol. The van der Waals surface area contributed by atoms with Gasteiger partial charge in [-0.15, -0.1) is 0 Å². The Labute approximate surface area is 114 Å². The molecule has 0 aromatic carbocycles. The molecule has 0 aliphatic heterocycles. The molecule has 0 bridgehead atoms. The monoisotopic (exact) mass is 264 g/mol. The molecule has 0 aliphatic rings. The fourth-order valence-corrected chi connectivity index (χ4v) is 1.95. The Balaban J connectivity index is 2.36. The first kappa shape index (κ1) is 15.5. The first-order valence-electron chi connectivity index (χ1n) is 7.18. The second-order valence-electron chi connectivity index (χ2n) is 4.80. The third kappa shape index (κ3) is 5.73. The van der Waals surface area contributed by atoms with Crippen molar-refractivity contribution in [2.45, 2.75) is 58.8 Å².